The Morgan fingerprint density at radius 3 is 2.33 bits per heavy atom. The molecule has 1 fully saturated rings. The van der Waals surface area contributed by atoms with Crippen LogP contribution in [-0.2, 0) is 6.54 Å². The average molecular weight is 454 g/mol. The molecule has 174 valence electrons. The van der Waals surface area contributed by atoms with Crippen molar-refractivity contribution in [3.05, 3.63) is 72.4 Å². The molecule has 3 aromatic rings. The maximum Gasteiger partial charge on any atom is 0.387 e. The number of piperidine rings is 1. The van der Waals surface area contributed by atoms with Gasteiger partial charge in [0.2, 0.25) is 0 Å². The molecule has 33 heavy (non-hydrogen) atoms. The molecule has 0 aliphatic carbocycles. The van der Waals surface area contributed by atoms with Gasteiger partial charge in [0, 0.05) is 45.5 Å². The molecule has 0 unspecified atom stereocenters. The van der Waals surface area contributed by atoms with Crippen LogP contribution in [0.2, 0.25) is 0 Å². The highest BCUT2D eigenvalue weighted by molar-refractivity contribution is 5.64. The van der Waals surface area contributed by atoms with Gasteiger partial charge in [-0.3, -0.25) is 4.90 Å². The summed E-state index contributed by atoms with van der Waals surface area (Å²) in [5, 5.41) is 0. The molecule has 1 saturated heterocycles. The lowest BCUT2D eigenvalue weighted by Gasteiger charge is -2.32. The second kappa shape index (κ2) is 10.6. The number of benzene rings is 2. The predicted molar refractivity (Wildman–Crippen MR) is 126 cm³/mol. The fraction of sp³-hybridized carbons (Fsp3) is 0.346. The quantitative estimate of drug-likeness (QED) is 0.453. The highest BCUT2D eigenvalue weighted by Gasteiger charge is 2.21. The zero-order chi connectivity index (χ0) is 23.2. The van der Waals surface area contributed by atoms with Gasteiger partial charge in [0.05, 0.1) is 0 Å². The Balaban J connectivity index is 1.27. The third kappa shape index (κ3) is 6.42. The Bertz CT molecular complexity index is 1020. The van der Waals surface area contributed by atoms with Gasteiger partial charge in [-0.1, -0.05) is 24.3 Å². The summed E-state index contributed by atoms with van der Waals surface area (Å²) >= 11 is 0. The standard InChI is InChI=1S/C26H29F2N3O2/c1-30(2)25-11-8-21(17-29-25)20-6-9-22(10-7-20)32-23-12-14-31(15-13-23)18-19-4-3-5-24(16-19)33-26(27)28/h3-11,16-17,23,26H,12-15,18H2,1-2H3. The Morgan fingerprint density at radius 2 is 1.70 bits per heavy atom. The molecule has 2 heterocycles. The summed E-state index contributed by atoms with van der Waals surface area (Å²) in [5.74, 6) is 2.00. The lowest BCUT2D eigenvalue weighted by Crippen LogP contribution is -2.37. The average Bonchev–Trinajstić information content (AvgIpc) is 2.81. The summed E-state index contributed by atoms with van der Waals surface area (Å²) in [5.41, 5.74) is 3.15. The Morgan fingerprint density at radius 1 is 0.970 bits per heavy atom. The second-order valence-electron chi connectivity index (χ2n) is 8.44. The number of rotatable bonds is 8. The first kappa shape index (κ1) is 23.0. The molecule has 5 nitrogen and oxygen atoms in total. The van der Waals surface area contributed by atoms with Crippen LogP contribution >= 0.6 is 0 Å². The molecule has 2 aromatic carbocycles. The normalized spacial score (nSPS) is 14.9. The molecule has 0 saturated carbocycles. The fourth-order valence-corrected chi connectivity index (χ4v) is 4.00. The summed E-state index contributed by atoms with van der Waals surface area (Å²) in [6.07, 6.45) is 3.90. The van der Waals surface area contributed by atoms with Crippen LogP contribution in [0, 0.1) is 0 Å². The summed E-state index contributed by atoms with van der Waals surface area (Å²) in [4.78, 5) is 8.77. The molecule has 0 atom stereocenters. The largest absolute Gasteiger partial charge is 0.490 e. The number of ether oxygens (including phenoxy) is 2. The van der Waals surface area contributed by atoms with Crippen molar-refractivity contribution in [3.63, 3.8) is 0 Å². The van der Waals surface area contributed by atoms with Crippen molar-refractivity contribution < 1.29 is 18.3 Å². The van der Waals surface area contributed by atoms with Crippen LogP contribution in [0.1, 0.15) is 18.4 Å². The number of hydrogen-bond acceptors (Lipinski definition) is 5. The van der Waals surface area contributed by atoms with Crippen LogP contribution in [0.4, 0.5) is 14.6 Å². The van der Waals surface area contributed by atoms with Crippen LogP contribution in [-0.4, -0.2) is 49.8 Å². The first-order chi connectivity index (χ1) is 16.0. The van der Waals surface area contributed by atoms with Crippen LogP contribution in [0.25, 0.3) is 11.1 Å². The van der Waals surface area contributed by atoms with Crippen molar-refractivity contribution >= 4 is 5.82 Å². The second-order valence-corrected chi connectivity index (χ2v) is 8.44. The smallest absolute Gasteiger partial charge is 0.387 e. The van der Waals surface area contributed by atoms with E-state index in [1.165, 1.54) is 0 Å². The Kier molecular flexibility index (Phi) is 7.40. The van der Waals surface area contributed by atoms with E-state index in [1.807, 2.05) is 49.5 Å². The maximum atomic E-state index is 12.4. The SMILES string of the molecule is CN(C)c1ccc(-c2ccc(OC3CCN(Cc4cccc(OC(F)F)c4)CC3)cc2)cn1. The molecular formula is C26H29F2N3O2. The monoisotopic (exact) mass is 453 g/mol. The van der Waals surface area contributed by atoms with Gasteiger partial charge in [-0.2, -0.15) is 8.78 Å². The van der Waals surface area contributed by atoms with E-state index in [-0.39, 0.29) is 11.9 Å². The summed E-state index contributed by atoms with van der Waals surface area (Å²) in [6.45, 7) is -0.302. The summed E-state index contributed by atoms with van der Waals surface area (Å²) < 4.78 is 35.6. The minimum atomic E-state index is -2.80. The Labute approximate surface area is 193 Å². The van der Waals surface area contributed by atoms with Gasteiger partial charge in [-0.15, -0.1) is 0 Å². The molecule has 0 radical (unpaired) electrons. The number of aromatic nitrogens is 1. The number of pyridine rings is 1. The van der Waals surface area contributed by atoms with E-state index in [1.54, 1.807) is 18.2 Å². The van der Waals surface area contributed by atoms with Gasteiger partial charge in [0.15, 0.2) is 0 Å². The molecule has 0 spiro atoms. The van der Waals surface area contributed by atoms with E-state index in [2.05, 4.69) is 32.8 Å². The minimum Gasteiger partial charge on any atom is -0.490 e. The van der Waals surface area contributed by atoms with E-state index < -0.39 is 6.61 Å². The highest BCUT2D eigenvalue weighted by Crippen LogP contribution is 2.26. The van der Waals surface area contributed by atoms with Crippen LogP contribution in [0.5, 0.6) is 11.5 Å². The van der Waals surface area contributed by atoms with Gasteiger partial charge in [-0.25, -0.2) is 4.98 Å². The fourth-order valence-electron chi connectivity index (χ4n) is 4.00. The van der Waals surface area contributed by atoms with Crippen molar-refractivity contribution in [2.75, 3.05) is 32.1 Å². The van der Waals surface area contributed by atoms with Crippen LogP contribution in [0.15, 0.2) is 66.9 Å². The van der Waals surface area contributed by atoms with Crippen molar-refractivity contribution in [1.82, 2.24) is 9.88 Å². The number of hydrogen-bond donors (Lipinski definition) is 0. The zero-order valence-electron chi connectivity index (χ0n) is 19.0. The molecule has 1 aromatic heterocycles. The zero-order valence-corrected chi connectivity index (χ0v) is 19.0. The van der Waals surface area contributed by atoms with E-state index in [0.717, 1.165) is 54.2 Å². The van der Waals surface area contributed by atoms with E-state index in [0.29, 0.717) is 6.54 Å². The van der Waals surface area contributed by atoms with Crippen molar-refractivity contribution in [3.8, 4) is 22.6 Å². The van der Waals surface area contributed by atoms with Gasteiger partial charge in [-0.05, 0) is 60.4 Å². The lowest BCUT2D eigenvalue weighted by atomic mass is 10.1. The molecule has 1 aliphatic rings. The highest BCUT2D eigenvalue weighted by atomic mass is 19.3. The molecule has 4 rings (SSSR count). The maximum absolute atomic E-state index is 12.4. The minimum absolute atomic E-state index is 0.168. The van der Waals surface area contributed by atoms with Crippen molar-refractivity contribution in [2.45, 2.75) is 32.1 Å². The van der Waals surface area contributed by atoms with Crippen molar-refractivity contribution in [1.29, 1.82) is 0 Å². The van der Waals surface area contributed by atoms with Gasteiger partial charge >= 0.3 is 6.61 Å². The summed E-state index contributed by atoms with van der Waals surface area (Å²) in [7, 11) is 3.95. The molecular weight excluding hydrogens is 424 g/mol. The van der Waals surface area contributed by atoms with Crippen LogP contribution < -0.4 is 14.4 Å². The number of anilines is 1. The van der Waals surface area contributed by atoms with E-state index in [9.17, 15) is 8.78 Å². The molecule has 1 aliphatic heterocycles. The number of nitrogens with zero attached hydrogens (tertiary/aromatic N) is 3. The van der Waals surface area contributed by atoms with Crippen LogP contribution in [0.3, 0.4) is 0 Å². The van der Waals surface area contributed by atoms with Gasteiger partial charge in [0.1, 0.15) is 23.4 Å². The van der Waals surface area contributed by atoms with E-state index >= 15 is 0 Å². The Hall–Kier alpha value is -3.19. The van der Waals surface area contributed by atoms with E-state index in [4.69, 9.17) is 4.74 Å². The molecule has 0 N–H and O–H groups in total. The third-order valence-corrected chi connectivity index (χ3v) is 5.76. The molecule has 0 amide bonds. The third-order valence-electron chi connectivity index (χ3n) is 5.76. The molecule has 0 bridgehead atoms. The number of halogens is 2. The lowest BCUT2D eigenvalue weighted by molar-refractivity contribution is -0.0499. The van der Waals surface area contributed by atoms with Gasteiger partial charge in [0.25, 0.3) is 0 Å². The topological polar surface area (TPSA) is 37.8 Å². The summed E-state index contributed by atoms with van der Waals surface area (Å²) in [6, 6.07) is 19.1. The first-order valence-electron chi connectivity index (χ1n) is 11.1. The van der Waals surface area contributed by atoms with Gasteiger partial charge < -0.3 is 14.4 Å². The molecule has 7 heteroatoms. The number of likely N-dealkylation sites (tertiary alicyclic amines) is 1. The number of alkyl halides is 2. The van der Waals surface area contributed by atoms with Crippen molar-refractivity contribution in [2.24, 2.45) is 0 Å². The predicted octanol–water partition coefficient (Wildman–Crippen LogP) is 5.46. The first-order valence-corrected chi connectivity index (χ1v) is 11.1.